The average molecular weight is 521 g/mol. The van der Waals surface area contributed by atoms with Gasteiger partial charge in [-0.15, -0.1) is 0 Å². The Morgan fingerprint density at radius 3 is 2.47 bits per heavy atom. The van der Waals surface area contributed by atoms with E-state index in [9.17, 15) is 23.9 Å². The number of para-hydroxylation sites is 1. The molecule has 200 valence electrons. The molecule has 0 aromatic heterocycles. The zero-order valence-corrected chi connectivity index (χ0v) is 21.8. The molecule has 2 unspecified atom stereocenters. The van der Waals surface area contributed by atoms with Crippen molar-refractivity contribution in [2.45, 2.75) is 57.4 Å². The van der Waals surface area contributed by atoms with Gasteiger partial charge >= 0.3 is 5.97 Å². The van der Waals surface area contributed by atoms with Gasteiger partial charge in [0, 0.05) is 18.7 Å². The van der Waals surface area contributed by atoms with E-state index in [1.165, 1.54) is 0 Å². The lowest BCUT2D eigenvalue weighted by Crippen LogP contribution is -2.51. The normalized spacial score (nSPS) is 15.4. The van der Waals surface area contributed by atoms with E-state index in [4.69, 9.17) is 4.74 Å². The molecule has 0 aliphatic carbocycles. The number of aliphatic hydroxyl groups is 1. The summed E-state index contributed by atoms with van der Waals surface area (Å²) in [5.74, 6) is -1.22. The van der Waals surface area contributed by atoms with E-state index >= 15 is 0 Å². The van der Waals surface area contributed by atoms with E-state index in [0.717, 1.165) is 26.9 Å². The van der Waals surface area contributed by atoms with Gasteiger partial charge in [-0.05, 0) is 55.2 Å². The van der Waals surface area contributed by atoms with E-state index < -0.39 is 48.8 Å². The monoisotopic (exact) mass is 520 g/mol. The number of benzene rings is 3. The van der Waals surface area contributed by atoms with Gasteiger partial charge in [0.15, 0.2) is 0 Å². The predicted octanol–water partition coefficient (Wildman–Crippen LogP) is 4.36. The van der Waals surface area contributed by atoms with Crippen LogP contribution in [0.2, 0.25) is 0 Å². The minimum Gasteiger partial charge on any atom is -0.458 e. The number of hydrogen-bond donors (Lipinski definition) is 1. The zero-order chi connectivity index (χ0) is 27.4. The van der Waals surface area contributed by atoms with Crippen molar-refractivity contribution in [3.05, 3.63) is 77.9 Å². The van der Waals surface area contributed by atoms with Gasteiger partial charge in [-0.2, -0.15) is 0 Å². The van der Waals surface area contributed by atoms with Crippen LogP contribution in [0.5, 0.6) is 0 Å². The first-order valence-corrected chi connectivity index (χ1v) is 12.7. The summed E-state index contributed by atoms with van der Waals surface area (Å²) in [7, 11) is 0. The maximum absolute atomic E-state index is 14.4. The minimum absolute atomic E-state index is 0.401. The van der Waals surface area contributed by atoms with E-state index in [2.05, 4.69) is 0 Å². The molecule has 2 amide bonds. The second kappa shape index (κ2) is 11.3. The second-order valence-electron chi connectivity index (χ2n) is 10.5. The number of aliphatic hydroxyl groups excluding tert-OH is 1. The highest BCUT2D eigenvalue weighted by molar-refractivity contribution is 6.03. The summed E-state index contributed by atoms with van der Waals surface area (Å²) in [4.78, 5) is 43.2. The molecule has 8 heteroatoms. The molecular weight excluding hydrogens is 487 g/mol. The lowest BCUT2D eigenvalue weighted by atomic mass is 9.94. The molecule has 3 aromatic carbocycles. The summed E-state index contributed by atoms with van der Waals surface area (Å²) in [6, 6.07) is 17.8. The summed E-state index contributed by atoms with van der Waals surface area (Å²) in [5, 5.41) is 11.8. The van der Waals surface area contributed by atoms with Gasteiger partial charge in [0.2, 0.25) is 6.41 Å². The molecule has 3 atom stereocenters. The topological polar surface area (TPSA) is 87.1 Å². The Hall–Kier alpha value is -3.78. The smallest absolute Gasteiger partial charge is 0.329 e. The molecular formula is C30H33FN2O5. The first-order chi connectivity index (χ1) is 18.1. The summed E-state index contributed by atoms with van der Waals surface area (Å²) in [6.07, 6.45) is -0.867. The molecule has 38 heavy (non-hydrogen) atoms. The summed E-state index contributed by atoms with van der Waals surface area (Å²) in [6.45, 7) is 4.32. The fourth-order valence-corrected chi connectivity index (χ4v) is 4.97. The number of ether oxygens (including phenoxy) is 1. The maximum atomic E-state index is 14.4. The third kappa shape index (κ3) is 5.70. The molecule has 0 saturated carbocycles. The van der Waals surface area contributed by atoms with Crippen LogP contribution in [-0.2, 0) is 25.5 Å². The van der Waals surface area contributed by atoms with Gasteiger partial charge < -0.3 is 19.6 Å². The van der Waals surface area contributed by atoms with Crippen LogP contribution in [0.15, 0.2) is 66.7 Å². The van der Waals surface area contributed by atoms with Crippen LogP contribution in [0.1, 0.15) is 44.4 Å². The number of halogens is 1. The van der Waals surface area contributed by atoms with E-state index in [1.54, 1.807) is 37.8 Å². The van der Waals surface area contributed by atoms with Crippen LogP contribution in [-0.4, -0.2) is 59.3 Å². The van der Waals surface area contributed by atoms with Crippen molar-refractivity contribution in [3.63, 3.8) is 0 Å². The van der Waals surface area contributed by atoms with Crippen molar-refractivity contribution >= 4 is 34.7 Å². The third-order valence-corrected chi connectivity index (χ3v) is 6.64. The lowest BCUT2D eigenvalue weighted by molar-refractivity contribution is -0.166. The van der Waals surface area contributed by atoms with Crippen LogP contribution >= 0.6 is 0 Å². The molecule has 1 aliphatic rings. The van der Waals surface area contributed by atoms with E-state index in [-0.39, 0.29) is 0 Å². The van der Waals surface area contributed by atoms with Crippen molar-refractivity contribution in [1.29, 1.82) is 0 Å². The van der Waals surface area contributed by atoms with Crippen molar-refractivity contribution in [3.8, 4) is 0 Å². The fourth-order valence-electron chi connectivity index (χ4n) is 4.97. The number of alkyl halides is 1. The Bertz CT molecular complexity index is 1320. The van der Waals surface area contributed by atoms with Crippen molar-refractivity contribution in [2.24, 2.45) is 0 Å². The van der Waals surface area contributed by atoms with Gasteiger partial charge in [0.25, 0.3) is 5.91 Å². The minimum atomic E-state index is -1.52. The third-order valence-electron chi connectivity index (χ3n) is 6.64. The Balaban J connectivity index is 1.87. The number of esters is 1. The molecule has 4 rings (SSSR count). The molecule has 1 N–H and O–H groups in total. The molecule has 0 radical (unpaired) electrons. The van der Waals surface area contributed by atoms with Gasteiger partial charge in [0.1, 0.15) is 24.4 Å². The number of amides is 2. The summed E-state index contributed by atoms with van der Waals surface area (Å²) < 4.78 is 19.0. The molecule has 3 aromatic rings. The predicted molar refractivity (Wildman–Crippen MR) is 143 cm³/mol. The van der Waals surface area contributed by atoms with Gasteiger partial charge in [-0.3, -0.25) is 9.59 Å². The standard InChI is InChI=1S/C30H33FN2O5/c1-30(2,3)38-29(37)26(17-22(35)18-31)33(19-34)27(24-13-8-11-20-9-4-6-12-23(20)24)28(36)32-16-15-21-10-5-7-14-25(21)32/h4-14,19,22,26-27,35H,15-18H2,1-3H3/t22?,26?,27-/m0/s1. The number of fused-ring (bicyclic) bond motifs is 2. The lowest BCUT2D eigenvalue weighted by Gasteiger charge is -2.37. The second-order valence-corrected chi connectivity index (χ2v) is 10.5. The van der Waals surface area contributed by atoms with E-state index in [0.29, 0.717) is 24.9 Å². The van der Waals surface area contributed by atoms with Crippen LogP contribution in [0.4, 0.5) is 10.1 Å². The zero-order valence-electron chi connectivity index (χ0n) is 21.8. The van der Waals surface area contributed by atoms with Crippen LogP contribution < -0.4 is 4.90 Å². The Morgan fingerprint density at radius 2 is 1.76 bits per heavy atom. The fraction of sp³-hybridized carbons (Fsp3) is 0.367. The Labute approximate surface area is 221 Å². The van der Waals surface area contributed by atoms with Crippen LogP contribution in [0.3, 0.4) is 0 Å². The molecule has 1 aliphatic heterocycles. The molecule has 1 heterocycles. The SMILES string of the molecule is CC(C)(C)OC(=O)C(CC(O)CF)N(C=O)[C@H](C(=O)N1CCc2ccccc21)c1cccc2ccccc12. The number of carbonyl (C=O) groups is 3. The molecule has 0 fully saturated rings. The first kappa shape index (κ1) is 27.3. The molecule has 0 spiro atoms. The highest BCUT2D eigenvalue weighted by atomic mass is 19.1. The number of carbonyl (C=O) groups excluding carboxylic acids is 3. The van der Waals surface area contributed by atoms with E-state index in [1.807, 2.05) is 54.6 Å². The van der Waals surface area contributed by atoms with Crippen LogP contribution in [0, 0.1) is 0 Å². The molecule has 7 nitrogen and oxygen atoms in total. The number of nitrogens with zero attached hydrogens (tertiary/aromatic N) is 2. The van der Waals surface area contributed by atoms with Crippen LogP contribution in [0.25, 0.3) is 10.8 Å². The number of hydrogen-bond acceptors (Lipinski definition) is 5. The van der Waals surface area contributed by atoms with Crippen molar-refractivity contribution < 1.29 is 28.6 Å². The van der Waals surface area contributed by atoms with Crippen molar-refractivity contribution in [2.75, 3.05) is 18.1 Å². The first-order valence-electron chi connectivity index (χ1n) is 12.7. The highest BCUT2D eigenvalue weighted by Crippen LogP contribution is 2.36. The largest absolute Gasteiger partial charge is 0.458 e. The van der Waals surface area contributed by atoms with Gasteiger partial charge in [-0.1, -0.05) is 60.7 Å². The average Bonchev–Trinajstić information content (AvgIpc) is 3.33. The molecule has 0 bridgehead atoms. The Morgan fingerprint density at radius 1 is 1.08 bits per heavy atom. The van der Waals surface area contributed by atoms with Gasteiger partial charge in [0.05, 0.1) is 6.10 Å². The highest BCUT2D eigenvalue weighted by Gasteiger charge is 2.42. The van der Waals surface area contributed by atoms with Gasteiger partial charge in [-0.25, -0.2) is 9.18 Å². The van der Waals surface area contributed by atoms with Crippen molar-refractivity contribution in [1.82, 2.24) is 4.90 Å². The summed E-state index contributed by atoms with van der Waals surface area (Å²) in [5.41, 5.74) is 1.36. The molecule has 0 saturated heterocycles. The maximum Gasteiger partial charge on any atom is 0.329 e. The Kier molecular flexibility index (Phi) is 8.11. The number of rotatable bonds is 9. The summed E-state index contributed by atoms with van der Waals surface area (Å²) >= 11 is 0. The quantitative estimate of drug-likeness (QED) is 0.335. The number of anilines is 1.